The standard InChI is InChI=1S/C24H25N3O3/c1-5-6-20-15-25-24(26-23(20)30-4)27(16-18-7-11-21(28-2)12-8-18)17-19-9-13-22(29-3)14-10-19/h7-15H,16-17H2,1-4H3. The molecule has 3 rings (SSSR count). The molecule has 1 heterocycles. The van der Waals surface area contributed by atoms with Crippen LogP contribution in [0.25, 0.3) is 0 Å². The molecule has 6 heteroatoms. The first-order valence-electron chi connectivity index (χ1n) is 9.51. The van der Waals surface area contributed by atoms with Crippen LogP contribution in [0, 0.1) is 11.8 Å². The molecule has 0 aliphatic carbocycles. The summed E-state index contributed by atoms with van der Waals surface area (Å²) < 4.78 is 16.0. The van der Waals surface area contributed by atoms with Crippen molar-refractivity contribution in [2.45, 2.75) is 20.0 Å². The summed E-state index contributed by atoms with van der Waals surface area (Å²) in [7, 11) is 4.90. The zero-order chi connectivity index (χ0) is 21.3. The van der Waals surface area contributed by atoms with Gasteiger partial charge in [-0.1, -0.05) is 30.2 Å². The third-order valence-electron chi connectivity index (χ3n) is 4.54. The Morgan fingerprint density at radius 3 is 1.77 bits per heavy atom. The number of ether oxygens (including phenoxy) is 3. The van der Waals surface area contributed by atoms with Crippen LogP contribution in [0.1, 0.15) is 23.6 Å². The third kappa shape index (κ3) is 5.21. The van der Waals surface area contributed by atoms with Crippen molar-refractivity contribution in [3.8, 4) is 29.2 Å². The van der Waals surface area contributed by atoms with Crippen LogP contribution < -0.4 is 19.1 Å². The summed E-state index contributed by atoms with van der Waals surface area (Å²) in [4.78, 5) is 11.3. The first-order valence-corrected chi connectivity index (χ1v) is 9.51. The number of rotatable bonds is 8. The number of anilines is 1. The molecule has 0 saturated carbocycles. The maximum absolute atomic E-state index is 5.44. The Bertz CT molecular complexity index is 973. The predicted molar refractivity (Wildman–Crippen MR) is 117 cm³/mol. The Morgan fingerprint density at radius 2 is 1.33 bits per heavy atom. The van der Waals surface area contributed by atoms with Crippen molar-refractivity contribution < 1.29 is 14.2 Å². The highest BCUT2D eigenvalue weighted by molar-refractivity contribution is 5.45. The van der Waals surface area contributed by atoms with Gasteiger partial charge in [0, 0.05) is 13.1 Å². The van der Waals surface area contributed by atoms with Gasteiger partial charge >= 0.3 is 0 Å². The molecular weight excluding hydrogens is 378 g/mol. The quantitative estimate of drug-likeness (QED) is 0.528. The normalized spacial score (nSPS) is 10.0. The SMILES string of the molecule is CC#Cc1cnc(N(Cc2ccc(OC)cc2)Cc2ccc(OC)cc2)nc1OC. The summed E-state index contributed by atoms with van der Waals surface area (Å²) in [5.41, 5.74) is 2.89. The van der Waals surface area contributed by atoms with Crippen LogP contribution >= 0.6 is 0 Å². The molecule has 2 aromatic carbocycles. The van der Waals surface area contributed by atoms with Crippen molar-refractivity contribution in [3.05, 3.63) is 71.4 Å². The van der Waals surface area contributed by atoms with Crippen molar-refractivity contribution in [1.29, 1.82) is 0 Å². The van der Waals surface area contributed by atoms with Crippen LogP contribution in [0.2, 0.25) is 0 Å². The van der Waals surface area contributed by atoms with Crippen molar-refractivity contribution in [3.63, 3.8) is 0 Å². The summed E-state index contributed by atoms with van der Waals surface area (Å²) in [6.07, 6.45) is 1.70. The Kier molecular flexibility index (Phi) is 7.12. The lowest BCUT2D eigenvalue weighted by Gasteiger charge is -2.23. The van der Waals surface area contributed by atoms with Crippen LogP contribution in [-0.4, -0.2) is 31.3 Å². The Labute approximate surface area is 177 Å². The minimum Gasteiger partial charge on any atom is -0.497 e. The van der Waals surface area contributed by atoms with E-state index in [-0.39, 0.29) is 0 Å². The van der Waals surface area contributed by atoms with Gasteiger partial charge in [0.2, 0.25) is 11.8 Å². The van der Waals surface area contributed by atoms with E-state index in [2.05, 4.69) is 26.7 Å². The first kappa shape index (κ1) is 21.0. The third-order valence-corrected chi connectivity index (χ3v) is 4.54. The van der Waals surface area contributed by atoms with E-state index in [0.717, 1.165) is 22.6 Å². The average molecular weight is 403 g/mol. The fourth-order valence-corrected chi connectivity index (χ4v) is 2.99. The molecule has 1 aromatic heterocycles. The summed E-state index contributed by atoms with van der Waals surface area (Å²) in [5.74, 6) is 8.50. The number of nitrogens with zero attached hydrogens (tertiary/aromatic N) is 3. The summed E-state index contributed by atoms with van der Waals surface area (Å²) in [6.45, 7) is 3.02. The smallest absolute Gasteiger partial charge is 0.234 e. The van der Waals surface area contributed by atoms with E-state index in [4.69, 9.17) is 14.2 Å². The molecule has 3 aromatic rings. The molecule has 0 radical (unpaired) electrons. The van der Waals surface area contributed by atoms with E-state index < -0.39 is 0 Å². The maximum Gasteiger partial charge on any atom is 0.234 e. The minimum atomic E-state index is 0.462. The lowest BCUT2D eigenvalue weighted by atomic mass is 10.1. The number of aromatic nitrogens is 2. The van der Waals surface area contributed by atoms with Crippen molar-refractivity contribution in [1.82, 2.24) is 9.97 Å². The first-order chi connectivity index (χ1) is 14.7. The van der Waals surface area contributed by atoms with Crippen LogP contribution in [0.15, 0.2) is 54.7 Å². The van der Waals surface area contributed by atoms with E-state index in [1.54, 1.807) is 34.4 Å². The molecule has 0 atom stereocenters. The molecule has 0 spiro atoms. The zero-order valence-electron chi connectivity index (χ0n) is 17.7. The summed E-state index contributed by atoms with van der Waals surface area (Å²) >= 11 is 0. The van der Waals surface area contributed by atoms with Gasteiger partial charge in [-0.2, -0.15) is 4.98 Å². The van der Waals surface area contributed by atoms with Gasteiger partial charge in [0.15, 0.2) is 0 Å². The number of methoxy groups -OCH3 is 3. The second kappa shape index (κ2) is 10.2. The van der Waals surface area contributed by atoms with E-state index in [1.165, 1.54) is 0 Å². The maximum atomic E-state index is 5.44. The van der Waals surface area contributed by atoms with Crippen molar-refractivity contribution in [2.24, 2.45) is 0 Å². The molecule has 0 unspecified atom stereocenters. The Morgan fingerprint density at radius 1 is 0.800 bits per heavy atom. The summed E-state index contributed by atoms with van der Waals surface area (Å²) in [5, 5.41) is 0. The molecule has 0 aliphatic rings. The van der Waals surface area contributed by atoms with E-state index >= 15 is 0 Å². The molecule has 0 fully saturated rings. The molecule has 30 heavy (non-hydrogen) atoms. The molecule has 0 N–H and O–H groups in total. The van der Waals surface area contributed by atoms with E-state index in [9.17, 15) is 0 Å². The van der Waals surface area contributed by atoms with Crippen molar-refractivity contribution >= 4 is 5.95 Å². The molecule has 0 amide bonds. The average Bonchev–Trinajstić information content (AvgIpc) is 2.80. The molecule has 6 nitrogen and oxygen atoms in total. The monoisotopic (exact) mass is 403 g/mol. The second-order valence-electron chi connectivity index (χ2n) is 6.52. The lowest BCUT2D eigenvalue weighted by Crippen LogP contribution is -2.24. The van der Waals surface area contributed by atoms with E-state index in [1.807, 2.05) is 48.5 Å². The molecule has 0 bridgehead atoms. The zero-order valence-corrected chi connectivity index (χ0v) is 17.7. The van der Waals surface area contributed by atoms with Gasteiger partial charge in [-0.3, -0.25) is 0 Å². The van der Waals surface area contributed by atoms with Crippen molar-refractivity contribution in [2.75, 3.05) is 26.2 Å². The molecule has 0 saturated heterocycles. The van der Waals surface area contributed by atoms with Gasteiger partial charge in [0.05, 0.1) is 27.5 Å². The predicted octanol–water partition coefficient (Wildman–Crippen LogP) is 4.08. The molecule has 154 valence electrons. The Balaban J connectivity index is 1.93. The fraction of sp³-hybridized carbons (Fsp3) is 0.250. The fourth-order valence-electron chi connectivity index (χ4n) is 2.99. The highest BCUT2D eigenvalue weighted by Gasteiger charge is 2.15. The van der Waals surface area contributed by atoms with Gasteiger partial charge in [-0.05, 0) is 42.3 Å². The number of hydrogen-bond acceptors (Lipinski definition) is 6. The van der Waals surface area contributed by atoms with Gasteiger partial charge in [-0.15, -0.1) is 5.92 Å². The highest BCUT2D eigenvalue weighted by Crippen LogP contribution is 2.23. The molecular formula is C24H25N3O3. The highest BCUT2D eigenvalue weighted by atomic mass is 16.5. The second-order valence-corrected chi connectivity index (χ2v) is 6.52. The van der Waals surface area contributed by atoms with Gasteiger partial charge in [0.25, 0.3) is 0 Å². The van der Waals surface area contributed by atoms with Gasteiger partial charge in [0.1, 0.15) is 17.1 Å². The largest absolute Gasteiger partial charge is 0.497 e. The van der Waals surface area contributed by atoms with E-state index in [0.29, 0.717) is 30.5 Å². The van der Waals surface area contributed by atoms with Crippen LogP contribution in [0.3, 0.4) is 0 Å². The number of hydrogen-bond donors (Lipinski definition) is 0. The molecule has 0 aliphatic heterocycles. The Hall–Kier alpha value is -3.72. The van der Waals surface area contributed by atoms with Crippen LogP contribution in [0.4, 0.5) is 5.95 Å². The van der Waals surface area contributed by atoms with Gasteiger partial charge < -0.3 is 19.1 Å². The lowest BCUT2D eigenvalue weighted by molar-refractivity contribution is 0.395. The topological polar surface area (TPSA) is 56.7 Å². The van der Waals surface area contributed by atoms with Gasteiger partial charge in [-0.25, -0.2) is 4.98 Å². The van der Waals surface area contributed by atoms with Crippen LogP contribution in [-0.2, 0) is 13.1 Å². The minimum absolute atomic E-state index is 0.462. The summed E-state index contributed by atoms with van der Waals surface area (Å²) in [6, 6.07) is 15.9. The van der Waals surface area contributed by atoms with Crippen LogP contribution in [0.5, 0.6) is 17.4 Å². The number of benzene rings is 2.